The number of carbonyl (C=O) groups excluding carboxylic acids is 3. The van der Waals surface area contributed by atoms with Crippen molar-refractivity contribution in [3.63, 3.8) is 0 Å². The van der Waals surface area contributed by atoms with Crippen LogP contribution in [0.1, 0.15) is 19.4 Å². The second kappa shape index (κ2) is 6.20. The van der Waals surface area contributed by atoms with Crippen LogP contribution in [0.4, 0.5) is 0 Å². The molecule has 0 fully saturated rings. The largest absolute Gasteiger partial charge is 0.296 e. The van der Waals surface area contributed by atoms with Crippen molar-refractivity contribution in [2.45, 2.75) is 25.2 Å². The Morgan fingerprint density at radius 3 is 2.41 bits per heavy atom. The lowest BCUT2D eigenvalue weighted by Gasteiger charge is -2.06. The molecule has 0 bridgehead atoms. The molecule has 1 aromatic rings. The van der Waals surface area contributed by atoms with Crippen molar-refractivity contribution in [2.24, 2.45) is 0 Å². The van der Waals surface area contributed by atoms with Crippen LogP contribution in [0.25, 0.3) is 0 Å². The van der Waals surface area contributed by atoms with E-state index < -0.39 is 0 Å². The second-order valence-corrected chi connectivity index (χ2v) is 4.70. The Kier molecular flexibility index (Phi) is 4.90. The fourth-order valence-corrected chi connectivity index (χ4v) is 2.05. The first-order valence-corrected chi connectivity index (χ1v) is 5.87. The van der Waals surface area contributed by atoms with Gasteiger partial charge in [-0.2, -0.15) is 0 Å². The fraction of sp³-hybridized carbons (Fsp3) is 0.250. The first kappa shape index (κ1) is 13.4. The highest BCUT2D eigenvalue weighted by Gasteiger charge is 2.10. The van der Waals surface area contributed by atoms with E-state index in [1.807, 2.05) is 0 Å². The molecule has 0 aliphatic heterocycles. The maximum atomic E-state index is 11.4. The smallest absolute Gasteiger partial charge is 0.231 e. The molecule has 5 heteroatoms. The van der Waals surface area contributed by atoms with Gasteiger partial charge in [-0.05, 0) is 11.6 Å². The zero-order valence-electron chi connectivity index (χ0n) is 9.65. The van der Waals surface area contributed by atoms with Crippen molar-refractivity contribution in [1.29, 1.82) is 0 Å². The van der Waals surface area contributed by atoms with Crippen molar-refractivity contribution in [3.8, 4) is 0 Å². The van der Waals surface area contributed by atoms with Crippen molar-refractivity contribution >= 4 is 28.7 Å². The minimum atomic E-state index is -0.383. The van der Waals surface area contributed by atoms with Crippen LogP contribution in [-0.2, 0) is 20.8 Å². The Hall–Kier alpha value is -1.62. The number of imide groups is 1. The summed E-state index contributed by atoms with van der Waals surface area (Å²) in [5.74, 6) is -0.749. The standard InChI is InChI=1S/C12H13NO3S/c1-8(14)13-12(16)7-10-5-3-4-6-11(10)17-9(2)15/h3-6H,7H2,1-2H3,(H,13,14,16). The van der Waals surface area contributed by atoms with Crippen molar-refractivity contribution < 1.29 is 14.4 Å². The van der Waals surface area contributed by atoms with Crippen LogP contribution in [0.5, 0.6) is 0 Å². The van der Waals surface area contributed by atoms with Gasteiger partial charge in [-0.25, -0.2) is 0 Å². The Balaban J connectivity index is 2.79. The molecule has 1 N–H and O–H groups in total. The van der Waals surface area contributed by atoms with Gasteiger partial charge in [0.15, 0.2) is 5.12 Å². The summed E-state index contributed by atoms with van der Waals surface area (Å²) in [5.41, 5.74) is 0.742. The molecule has 17 heavy (non-hydrogen) atoms. The van der Waals surface area contributed by atoms with E-state index in [2.05, 4.69) is 5.32 Å². The number of hydrogen-bond donors (Lipinski definition) is 1. The Labute approximate surface area is 104 Å². The molecular formula is C12H13NO3S. The van der Waals surface area contributed by atoms with E-state index in [0.717, 1.165) is 22.2 Å². The predicted octanol–water partition coefficient (Wildman–Crippen LogP) is 1.53. The van der Waals surface area contributed by atoms with Gasteiger partial charge in [0.2, 0.25) is 11.8 Å². The monoisotopic (exact) mass is 251 g/mol. The summed E-state index contributed by atoms with van der Waals surface area (Å²) in [6.45, 7) is 2.76. The predicted molar refractivity (Wildman–Crippen MR) is 65.5 cm³/mol. The first-order valence-electron chi connectivity index (χ1n) is 5.06. The fourth-order valence-electron chi connectivity index (χ4n) is 1.32. The highest BCUT2D eigenvalue weighted by atomic mass is 32.2. The van der Waals surface area contributed by atoms with E-state index in [-0.39, 0.29) is 23.4 Å². The minimum Gasteiger partial charge on any atom is -0.296 e. The molecule has 1 rings (SSSR count). The van der Waals surface area contributed by atoms with Gasteiger partial charge in [0, 0.05) is 18.7 Å². The SMILES string of the molecule is CC(=O)NC(=O)Cc1ccccc1SC(C)=O. The third kappa shape index (κ3) is 4.82. The molecule has 0 unspecified atom stereocenters. The highest BCUT2D eigenvalue weighted by molar-refractivity contribution is 8.13. The summed E-state index contributed by atoms with van der Waals surface area (Å²) < 4.78 is 0. The molecule has 0 saturated carbocycles. The normalized spacial score (nSPS) is 9.76. The summed E-state index contributed by atoms with van der Waals surface area (Å²) in [4.78, 5) is 33.9. The molecule has 0 radical (unpaired) electrons. The topological polar surface area (TPSA) is 63.2 Å². The molecule has 0 aliphatic rings. The molecular weight excluding hydrogens is 238 g/mol. The van der Waals surface area contributed by atoms with E-state index in [4.69, 9.17) is 0 Å². The van der Waals surface area contributed by atoms with Crippen molar-refractivity contribution in [2.75, 3.05) is 0 Å². The zero-order valence-corrected chi connectivity index (χ0v) is 10.5. The molecule has 1 aromatic carbocycles. The van der Waals surface area contributed by atoms with Crippen LogP contribution in [0.15, 0.2) is 29.2 Å². The summed E-state index contributed by atoms with van der Waals surface area (Å²) in [7, 11) is 0. The molecule has 0 saturated heterocycles. The van der Waals surface area contributed by atoms with E-state index >= 15 is 0 Å². The quantitative estimate of drug-likeness (QED) is 0.827. The third-order valence-electron chi connectivity index (χ3n) is 1.89. The summed E-state index contributed by atoms with van der Waals surface area (Å²) >= 11 is 1.08. The van der Waals surface area contributed by atoms with E-state index in [0.29, 0.717) is 0 Å². The maximum Gasteiger partial charge on any atom is 0.231 e. The Morgan fingerprint density at radius 2 is 1.82 bits per heavy atom. The van der Waals surface area contributed by atoms with Gasteiger partial charge in [0.05, 0.1) is 6.42 Å². The number of rotatable bonds is 3. The van der Waals surface area contributed by atoms with Crippen LogP contribution in [0.2, 0.25) is 0 Å². The number of carbonyl (C=O) groups is 3. The molecule has 90 valence electrons. The molecule has 0 aromatic heterocycles. The van der Waals surface area contributed by atoms with Crippen LogP contribution >= 0.6 is 11.8 Å². The van der Waals surface area contributed by atoms with E-state index in [1.165, 1.54) is 13.8 Å². The van der Waals surface area contributed by atoms with Gasteiger partial charge in [0.25, 0.3) is 0 Å². The summed E-state index contributed by atoms with van der Waals surface area (Å²) in [6, 6.07) is 7.14. The van der Waals surface area contributed by atoms with Crippen LogP contribution in [0.3, 0.4) is 0 Å². The lowest BCUT2D eigenvalue weighted by Crippen LogP contribution is -2.29. The van der Waals surface area contributed by atoms with Gasteiger partial charge in [-0.15, -0.1) is 0 Å². The molecule has 0 atom stereocenters. The average molecular weight is 251 g/mol. The van der Waals surface area contributed by atoms with Crippen molar-refractivity contribution in [3.05, 3.63) is 29.8 Å². The van der Waals surface area contributed by atoms with Gasteiger partial charge in [-0.1, -0.05) is 30.0 Å². The van der Waals surface area contributed by atoms with E-state index in [9.17, 15) is 14.4 Å². The lowest BCUT2D eigenvalue weighted by atomic mass is 10.1. The number of amides is 2. The van der Waals surface area contributed by atoms with Gasteiger partial charge in [-0.3, -0.25) is 19.7 Å². The van der Waals surface area contributed by atoms with Gasteiger partial charge < -0.3 is 0 Å². The summed E-state index contributed by atoms with van der Waals surface area (Å²) in [6.07, 6.45) is 0.0933. The summed E-state index contributed by atoms with van der Waals surface area (Å²) in [5, 5.41) is 2.16. The van der Waals surface area contributed by atoms with E-state index in [1.54, 1.807) is 24.3 Å². The Morgan fingerprint density at radius 1 is 1.18 bits per heavy atom. The maximum absolute atomic E-state index is 11.4. The average Bonchev–Trinajstić information content (AvgIpc) is 2.18. The van der Waals surface area contributed by atoms with Crippen LogP contribution in [-0.4, -0.2) is 16.9 Å². The molecule has 0 aliphatic carbocycles. The number of thioether (sulfide) groups is 1. The highest BCUT2D eigenvalue weighted by Crippen LogP contribution is 2.23. The van der Waals surface area contributed by atoms with Crippen LogP contribution in [0, 0.1) is 0 Å². The van der Waals surface area contributed by atoms with Gasteiger partial charge >= 0.3 is 0 Å². The minimum absolute atomic E-state index is 0.0376. The number of benzene rings is 1. The molecule has 0 spiro atoms. The number of hydrogen-bond acceptors (Lipinski definition) is 4. The lowest BCUT2D eigenvalue weighted by molar-refractivity contribution is -0.128. The molecule has 0 heterocycles. The second-order valence-electron chi connectivity index (χ2n) is 3.48. The van der Waals surface area contributed by atoms with Crippen molar-refractivity contribution in [1.82, 2.24) is 5.32 Å². The Bertz CT molecular complexity index is 457. The van der Waals surface area contributed by atoms with Gasteiger partial charge in [0.1, 0.15) is 0 Å². The first-order chi connectivity index (χ1) is 7.99. The van der Waals surface area contributed by atoms with Crippen LogP contribution < -0.4 is 5.32 Å². The molecule has 2 amide bonds. The molecule has 4 nitrogen and oxygen atoms in total. The zero-order chi connectivity index (χ0) is 12.8. The number of nitrogens with one attached hydrogen (secondary N) is 1. The third-order valence-corrected chi connectivity index (χ3v) is 2.80.